The number of nitrogens with zero attached hydrogens (tertiary/aromatic N) is 1. The topological polar surface area (TPSA) is 68.2 Å². The van der Waals surface area contributed by atoms with Gasteiger partial charge in [-0.3, -0.25) is 4.79 Å². The minimum absolute atomic E-state index is 0.243. The Bertz CT molecular complexity index is 1210. The standard InChI is InChI=1S/C26H24BrNO5/c1-31-20-10-7-16(8-11-20)23-24(17-5-4-6-19(27)13-17)28(26(30)25(23)29)15-18-9-12-21(32-2)14-22(18)33-3/h4-14,24,29H,15H2,1-3H3/t24-/m0/s1. The summed E-state index contributed by atoms with van der Waals surface area (Å²) in [7, 11) is 4.76. The molecule has 4 rings (SSSR count). The molecule has 0 fully saturated rings. The fourth-order valence-electron chi connectivity index (χ4n) is 4.07. The third-order valence-electron chi connectivity index (χ3n) is 5.70. The molecular weight excluding hydrogens is 486 g/mol. The molecule has 170 valence electrons. The summed E-state index contributed by atoms with van der Waals surface area (Å²) in [6.45, 7) is 0.243. The van der Waals surface area contributed by atoms with Crippen molar-refractivity contribution in [3.05, 3.63) is 93.7 Å². The molecule has 1 amide bonds. The number of carbonyl (C=O) groups excluding carboxylic acids is 1. The highest BCUT2D eigenvalue weighted by molar-refractivity contribution is 9.10. The Morgan fingerprint density at radius 1 is 0.909 bits per heavy atom. The summed E-state index contributed by atoms with van der Waals surface area (Å²) in [6.07, 6.45) is 0. The van der Waals surface area contributed by atoms with Crippen LogP contribution in [-0.2, 0) is 11.3 Å². The van der Waals surface area contributed by atoms with Gasteiger partial charge < -0.3 is 24.2 Å². The summed E-state index contributed by atoms with van der Waals surface area (Å²) in [6, 6.07) is 20.0. The monoisotopic (exact) mass is 509 g/mol. The lowest BCUT2D eigenvalue weighted by atomic mass is 9.93. The van der Waals surface area contributed by atoms with Gasteiger partial charge in [0.1, 0.15) is 17.2 Å². The quantitative estimate of drug-likeness (QED) is 0.453. The van der Waals surface area contributed by atoms with Crippen molar-refractivity contribution in [1.29, 1.82) is 0 Å². The Morgan fingerprint density at radius 3 is 2.24 bits per heavy atom. The summed E-state index contributed by atoms with van der Waals surface area (Å²) < 4.78 is 17.0. The van der Waals surface area contributed by atoms with E-state index >= 15 is 0 Å². The lowest BCUT2D eigenvalue weighted by molar-refractivity contribution is -0.130. The number of halogens is 1. The van der Waals surface area contributed by atoms with Crippen LogP contribution in [0.2, 0.25) is 0 Å². The fourth-order valence-corrected chi connectivity index (χ4v) is 4.49. The molecule has 0 spiro atoms. The van der Waals surface area contributed by atoms with Crippen molar-refractivity contribution in [1.82, 2.24) is 4.90 Å². The van der Waals surface area contributed by atoms with Gasteiger partial charge in [0.05, 0.1) is 33.9 Å². The summed E-state index contributed by atoms with van der Waals surface area (Å²) >= 11 is 3.53. The van der Waals surface area contributed by atoms with Gasteiger partial charge >= 0.3 is 0 Å². The minimum Gasteiger partial charge on any atom is -0.503 e. The van der Waals surface area contributed by atoms with Crippen molar-refractivity contribution in [3.8, 4) is 17.2 Å². The number of hydrogen-bond acceptors (Lipinski definition) is 5. The van der Waals surface area contributed by atoms with E-state index in [1.807, 2.05) is 60.7 Å². The average Bonchev–Trinajstić information content (AvgIpc) is 3.09. The van der Waals surface area contributed by atoms with E-state index in [2.05, 4.69) is 15.9 Å². The molecule has 3 aromatic rings. The van der Waals surface area contributed by atoms with Gasteiger partial charge in [0.2, 0.25) is 0 Å². The fraction of sp³-hybridized carbons (Fsp3) is 0.192. The first-order chi connectivity index (χ1) is 16.0. The molecule has 1 atom stereocenters. The van der Waals surface area contributed by atoms with Gasteiger partial charge in [-0.2, -0.15) is 0 Å². The number of ether oxygens (including phenoxy) is 3. The molecule has 0 saturated heterocycles. The van der Waals surface area contributed by atoms with E-state index in [-0.39, 0.29) is 12.3 Å². The summed E-state index contributed by atoms with van der Waals surface area (Å²) in [4.78, 5) is 15.0. The van der Waals surface area contributed by atoms with Crippen LogP contribution < -0.4 is 14.2 Å². The number of aliphatic hydroxyl groups is 1. The molecule has 0 saturated carbocycles. The normalized spacial score (nSPS) is 15.7. The molecule has 1 heterocycles. The van der Waals surface area contributed by atoms with Gasteiger partial charge in [-0.25, -0.2) is 0 Å². The third kappa shape index (κ3) is 4.41. The van der Waals surface area contributed by atoms with E-state index < -0.39 is 11.9 Å². The molecular formula is C26H24BrNO5. The van der Waals surface area contributed by atoms with E-state index in [9.17, 15) is 9.90 Å². The second-order valence-corrected chi connectivity index (χ2v) is 8.47. The predicted molar refractivity (Wildman–Crippen MR) is 130 cm³/mol. The van der Waals surface area contributed by atoms with E-state index in [4.69, 9.17) is 14.2 Å². The first-order valence-electron chi connectivity index (χ1n) is 10.3. The molecule has 0 aromatic heterocycles. The Hall–Kier alpha value is -3.45. The summed E-state index contributed by atoms with van der Waals surface area (Å²) in [5.74, 6) is 1.25. The molecule has 1 aliphatic heterocycles. The maximum absolute atomic E-state index is 13.3. The Labute approximate surface area is 201 Å². The molecule has 1 aliphatic rings. The number of amides is 1. The number of methoxy groups -OCH3 is 3. The van der Waals surface area contributed by atoms with Gasteiger partial charge in [-0.1, -0.05) is 40.2 Å². The summed E-state index contributed by atoms with van der Waals surface area (Å²) in [5.41, 5.74) is 2.97. The molecule has 0 unspecified atom stereocenters. The first kappa shape index (κ1) is 22.7. The zero-order chi connectivity index (χ0) is 23.5. The second kappa shape index (κ2) is 9.58. The van der Waals surface area contributed by atoms with Crippen molar-refractivity contribution in [2.24, 2.45) is 0 Å². The van der Waals surface area contributed by atoms with Crippen LogP contribution in [0.25, 0.3) is 5.57 Å². The second-order valence-electron chi connectivity index (χ2n) is 7.56. The summed E-state index contributed by atoms with van der Waals surface area (Å²) in [5, 5.41) is 11.0. The molecule has 0 radical (unpaired) electrons. The van der Waals surface area contributed by atoms with E-state index in [1.54, 1.807) is 32.3 Å². The van der Waals surface area contributed by atoms with Crippen LogP contribution in [0, 0.1) is 0 Å². The maximum atomic E-state index is 13.3. The lowest BCUT2D eigenvalue weighted by Crippen LogP contribution is -2.30. The van der Waals surface area contributed by atoms with Gasteiger partial charge in [0.15, 0.2) is 5.76 Å². The van der Waals surface area contributed by atoms with Gasteiger partial charge in [0, 0.05) is 21.7 Å². The number of carbonyl (C=O) groups is 1. The molecule has 0 aliphatic carbocycles. The molecule has 7 heteroatoms. The van der Waals surface area contributed by atoms with Gasteiger partial charge in [0.25, 0.3) is 5.91 Å². The van der Waals surface area contributed by atoms with Crippen LogP contribution in [-0.4, -0.2) is 37.2 Å². The minimum atomic E-state index is -0.491. The highest BCUT2D eigenvalue weighted by atomic mass is 79.9. The van der Waals surface area contributed by atoms with Crippen LogP contribution in [0.1, 0.15) is 22.7 Å². The number of hydrogen-bond donors (Lipinski definition) is 1. The molecule has 0 bridgehead atoms. The maximum Gasteiger partial charge on any atom is 0.290 e. The van der Waals surface area contributed by atoms with Crippen molar-refractivity contribution < 1.29 is 24.1 Å². The van der Waals surface area contributed by atoms with Gasteiger partial charge in [-0.15, -0.1) is 0 Å². The predicted octanol–water partition coefficient (Wildman–Crippen LogP) is 5.53. The molecule has 6 nitrogen and oxygen atoms in total. The first-order valence-corrected chi connectivity index (χ1v) is 11.1. The Balaban J connectivity index is 1.81. The lowest BCUT2D eigenvalue weighted by Gasteiger charge is -2.28. The average molecular weight is 510 g/mol. The van der Waals surface area contributed by atoms with E-state index in [1.165, 1.54) is 0 Å². The number of aliphatic hydroxyl groups excluding tert-OH is 1. The highest BCUT2D eigenvalue weighted by Gasteiger charge is 2.41. The SMILES string of the molecule is COc1ccc(C2=C(O)C(=O)N(Cc3ccc(OC)cc3OC)[C@H]2c2cccc(Br)c2)cc1. The van der Waals surface area contributed by atoms with Crippen LogP contribution in [0.3, 0.4) is 0 Å². The molecule has 1 N–H and O–H groups in total. The molecule has 3 aromatic carbocycles. The van der Waals surface area contributed by atoms with Crippen molar-refractivity contribution >= 4 is 27.4 Å². The van der Waals surface area contributed by atoms with E-state index in [0.717, 1.165) is 21.2 Å². The van der Waals surface area contributed by atoms with Gasteiger partial charge in [-0.05, 0) is 47.5 Å². The number of benzene rings is 3. The van der Waals surface area contributed by atoms with E-state index in [0.29, 0.717) is 22.8 Å². The Kier molecular flexibility index (Phi) is 6.60. The highest BCUT2D eigenvalue weighted by Crippen LogP contribution is 2.45. The van der Waals surface area contributed by atoms with Crippen LogP contribution in [0.4, 0.5) is 0 Å². The third-order valence-corrected chi connectivity index (χ3v) is 6.20. The molecule has 33 heavy (non-hydrogen) atoms. The van der Waals surface area contributed by atoms with Crippen molar-refractivity contribution in [3.63, 3.8) is 0 Å². The van der Waals surface area contributed by atoms with Crippen molar-refractivity contribution in [2.45, 2.75) is 12.6 Å². The zero-order valence-corrected chi connectivity index (χ0v) is 20.1. The Morgan fingerprint density at radius 2 is 1.61 bits per heavy atom. The number of rotatable bonds is 7. The van der Waals surface area contributed by atoms with Crippen LogP contribution in [0.5, 0.6) is 17.2 Å². The smallest absolute Gasteiger partial charge is 0.290 e. The van der Waals surface area contributed by atoms with Crippen LogP contribution >= 0.6 is 15.9 Å². The van der Waals surface area contributed by atoms with Crippen molar-refractivity contribution in [2.75, 3.05) is 21.3 Å². The largest absolute Gasteiger partial charge is 0.503 e. The van der Waals surface area contributed by atoms with Crippen LogP contribution in [0.15, 0.2) is 77.0 Å². The zero-order valence-electron chi connectivity index (χ0n) is 18.5.